The van der Waals surface area contributed by atoms with E-state index in [0.29, 0.717) is 30.8 Å². The number of hydrogen-bond acceptors (Lipinski definition) is 4. The first-order valence-corrected chi connectivity index (χ1v) is 6.24. The molecule has 1 aliphatic heterocycles. The largest absolute Gasteiger partial charge is 0.481 e. The molecule has 0 unspecified atom stereocenters. The van der Waals surface area contributed by atoms with E-state index in [2.05, 4.69) is 10.5 Å². The molecule has 0 saturated carbocycles. The highest BCUT2D eigenvalue weighted by molar-refractivity contribution is 5.76. The third kappa shape index (κ3) is 3.46. The van der Waals surface area contributed by atoms with Crippen LogP contribution in [-0.4, -0.2) is 40.3 Å². The Morgan fingerprint density at radius 1 is 1.63 bits per heavy atom. The van der Waals surface area contributed by atoms with Crippen LogP contribution in [0.25, 0.3) is 0 Å². The molecule has 2 heterocycles. The predicted octanol–water partition coefficient (Wildman–Crippen LogP) is 0.989. The Hall–Kier alpha value is -2.05. The summed E-state index contributed by atoms with van der Waals surface area (Å²) in [6.45, 7) is 2.91. The van der Waals surface area contributed by atoms with Gasteiger partial charge in [-0.2, -0.15) is 0 Å². The molecule has 1 fully saturated rings. The van der Waals surface area contributed by atoms with Crippen molar-refractivity contribution in [2.24, 2.45) is 5.92 Å². The van der Waals surface area contributed by atoms with Gasteiger partial charge >= 0.3 is 12.0 Å². The van der Waals surface area contributed by atoms with Gasteiger partial charge in [0, 0.05) is 19.2 Å². The molecule has 1 aliphatic rings. The van der Waals surface area contributed by atoms with Gasteiger partial charge in [-0.3, -0.25) is 4.79 Å². The fraction of sp³-hybridized carbons (Fsp3) is 0.583. The predicted molar refractivity (Wildman–Crippen MR) is 65.4 cm³/mol. The summed E-state index contributed by atoms with van der Waals surface area (Å²) in [5, 5.41) is 15.5. The van der Waals surface area contributed by atoms with Crippen molar-refractivity contribution in [1.29, 1.82) is 0 Å². The summed E-state index contributed by atoms with van der Waals surface area (Å²) < 4.78 is 4.90. The molecule has 0 spiro atoms. The molecule has 0 aliphatic carbocycles. The van der Waals surface area contributed by atoms with E-state index in [9.17, 15) is 9.59 Å². The second-order valence-corrected chi connectivity index (χ2v) is 4.71. The number of nitrogens with one attached hydrogen (secondary N) is 1. The number of rotatable bonds is 3. The fourth-order valence-corrected chi connectivity index (χ4v) is 2.14. The molecular formula is C12H17N3O4. The quantitative estimate of drug-likeness (QED) is 0.851. The molecule has 7 heteroatoms. The monoisotopic (exact) mass is 267 g/mol. The third-order valence-corrected chi connectivity index (χ3v) is 3.16. The van der Waals surface area contributed by atoms with Gasteiger partial charge in [-0.05, 0) is 19.8 Å². The van der Waals surface area contributed by atoms with Crippen molar-refractivity contribution < 1.29 is 19.2 Å². The number of aromatic nitrogens is 1. The number of likely N-dealkylation sites (tertiary alicyclic amines) is 1. The minimum absolute atomic E-state index is 0.258. The number of hydrogen-bond donors (Lipinski definition) is 2. The van der Waals surface area contributed by atoms with Crippen LogP contribution in [0.15, 0.2) is 10.6 Å². The number of nitrogens with zero attached hydrogens (tertiary/aromatic N) is 2. The van der Waals surface area contributed by atoms with Gasteiger partial charge in [-0.15, -0.1) is 0 Å². The first kappa shape index (κ1) is 13.4. The number of amides is 2. The van der Waals surface area contributed by atoms with Gasteiger partial charge in [0.15, 0.2) is 0 Å². The molecule has 1 atom stereocenters. The number of carbonyl (C=O) groups excluding carboxylic acids is 1. The lowest BCUT2D eigenvalue weighted by molar-refractivity contribution is -0.143. The Morgan fingerprint density at radius 3 is 3.05 bits per heavy atom. The summed E-state index contributed by atoms with van der Waals surface area (Å²) >= 11 is 0. The van der Waals surface area contributed by atoms with E-state index in [4.69, 9.17) is 9.63 Å². The van der Waals surface area contributed by atoms with Crippen molar-refractivity contribution in [3.8, 4) is 0 Å². The topological polar surface area (TPSA) is 95.7 Å². The van der Waals surface area contributed by atoms with Gasteiger partial charge in [0.25, 0.3) is 0 Å². The summed E-state index contributed by atoms with van der Waals surface area (Å²) in [7, 11) is 0. The standard InChI is InChI=1S/C12H17N3O4/c1-8-5-10(14-19-8)6-13-12(18)15-4-2-3-9(7-15)11(16)17/h5,9H,2-4,6-7H2,1H3,(H,13,18)(H,16,17)/t9-/m1/s1. The summed E-state index contributed by atoms with van der Waals surface area (Å²) in [4.78, 5) is 24.4. The molecule has 0 bridgehead atoms. The second-order valence-electron chi connectivity index (χ2n) is 4.71. The Bertz CT molecular complexity index is 471. The average Bonchev–Trinajstić information content (AvgIpc) is 2.82. The van der Waals surface area contributed by atoms with Crippen LogP contribution in [0.3, 0.4) is 0 Å². The van der Waals surface area contributed by atoms with E-state index < -0.39 is 11.9 Å². The van der Waals surface area contributed by atoms with Gasteiger partial charge in [-0.1, -0.05) is 5.16 Å². The van der Waals surface area contributed by atoms with Crippen molar-refractivity contribution in [2.45, 2.75) is 26.3 Å². The maximum Gasteiger partial charge on any atom is 0.317 e. The lowest BCUT2D eigenvalue weighted by Crippen LogP contribution is -2.46. The molecular weight excluding hydrogens is 250 g/mol. The lowest BCUT2D eigenvalue weighted by Gasteiger charge is -2.30. The van der Waals surface area contributed by atoms with Gasteiger partial charge in [0.2, 0.25) is 0 Å². The Balaban J connectivity index is 1.84. The van der Waals surface area contributed by atoms with Crippen LogP contribution in [-0.2, 0) is 11.3 Å². The fourth-order valence-electron chi connectivity index (χ4n) is 2.14. The molecule has 1 aromatic rings. The molecule has 2 amide bonds. The van der Waals surface area contributed by atoms with Crippen molar-refractivity contribution in [2.75, 3.05) is 13.1 Å². The highest BCUT2D eigenvalue weighted by Gasteiger charge is 2.27. The molecule has 1 saturated heterocycles. The smallest absolute Gasteiger partial charge is 0.317 e. The average molecular weight is 267 g/mol. The minimum Gasteiger partial charge on any atom is -0.481 e. The first-order valence-electron chi connectivity index (χ1n) is 6.24. The first-order chi connectivity index (χ1) is 9.06. The van der Waals surface area contributed by atoms with Crippen LogP contribution < -0.4 is 5.32 Å². The SMILES string of the molecule is Cc1cc(CNC(=O)N2CCC[C@@H](C(=O)O)C2)no1. The van der Waals surface area contributed by atoms with Crippen LogP contribution >= 0.6 is 0 Å². The van der Waals surface area contributed by atoms with Gasteiger partial charge in [-0.25, -0.2) is 4.79 Å². The van der Waals surface area contributed by atoms with Gasteiger partial charge < -0.3 is 19.8 Å². The van der Waals surface area contributed by atoms with Crippen molar-refractivity contribution in [3.05, 3.63) is 17.5 Å². The van der Waals surface area contributed by atoms with Crippen molar-refractivity contribution >= 4 is 12.0 Å². The second kappa shape index (κ2) is 5.73. The normalized spacial score (nSPS) is 19.2. The van der Waals surface area contributed by atoms with Crippen molar-refractivity contribution in [3.63, 3.8) is 0 Å². The summed E-state index contributed by atoms with van der Waals surface area (Å²) in [5.41, 5.74) is 0.651. The van der Waals surface area contributed by atoms with E-state index in [0.717, 1.165) is 0 Å². The third-order valence-electron chi connectivity index (χ3n) is 3.16. The van der Waals surface area contributed by atoms with Crippen LogP contribution in [0, 0.1) is 12.8 Å². The minimum atomic E-state index is -0.843. The van der Waals surface area contributed by atoms with Crippen LogP contribution in [0.4, 0.5) is 4.79 Å². The van der Waals surface area contributed by atoms with Crippen molar-refractivity contribution in [1.82, 2.24) is 15.4 Å². The number of carboxylic acid groups (broad SMARTS) is 1. The van der Waals surface area contributed by atoms with Crippen LogP contribution in [0.5, 0.6) is 0 Å². The number of aryl methyl sites for hydroxylation is 1. The molecule has 7 nitrogen and oxygen atoms in total. The van der Waals surface area contributed by atoms with Gasteiger partial charge in [0.05, 0.1) is 12.5 Å². The molecule has 0 radical (unpaired) electrons. The number of aliphatic carboxylic acids is 1. The maximum atomic E-state index is 11.9. The number of urea groups is 1. The molecule has 2 N–H and O–H groups in total. The zero-order valence-corrected chi connectivity index (χ0v) is 10.8. The molecule has 2 rings (SSSR count). The number of carboxylic acids is 1. The van der Waals surface area contributed by atoms with E-state index >= 15 is 0 Å². The maximum absolute atomic E-state index is 11.9. The Labute approximate surface area is 110 Å². The molecule has 104 valence electrons. The zero-order chi connectivity index (χ0) is 13.8. The zero-order valence-electron chi connectivity index (χ0n) is 10.8. The van der Waals surface area contributed by atoms with E-state index in [-0.39, 0.29) is 19.1 Å². The van der Waals surface area contributed by atoms with Crippen LogP contribution in [0.2, 0.25) is 0 Å². The highest BCUT2D eigenvalue weighted by atomic mass is 16.5. The van der Waals surface area contributed by atoms with E-state index in [1.54, 1.807) is 13.0 Å². The summed E-state index contributed by atoms with van der Waals surface area (Å²) in [6.07, 6.45) is 1.34. The Kier molecular flexibility index (Phi) is 4.03. The van der Waals surface area contributed by atoms with Gasteiger partial charge in [0.1, 0.15) is 11.5 Å². The number of piperidine rings is 1. The summed E-state index contributed by atoms with van der Waals surface area (Å²) in [6, 6.07) is 1.49. The molecule has 19 heavy (non-hydrogen) atoms. The van der Waals surface area contributed by atoms with E-state index in [1.807, 2.05) is 0 Å². The lowest BCUT2D eigenvalue weighted by atomic mass is 9.99. The highest BCUT2D eigenvalue weighted by Crippen LogP contribution is 2.16. The summed E-state index contributed by atoms with van der Waals surface area (Å²) in [5.74, 6) is -0.619. The number of carbonyl (C=O) groups is 2. The van der Waals surface area contributed by atoms with E-state index in [1.165, 1.54) is 4.90 Å². The Morgan fingerprint density at radius 2 is 2.42 bits per heavy atom. The molecule has 1 aromatic heterocycles. The van der Waals surface area contributed by atoms with Crippen LogP contribution in [0.1, 0.15) is 24.3 Å². The molecule has 0 aromatic carbocycles.